The van der Waals surface area contributed by atoms with Crippen molar-refractivity contribution in [1.82, 2.24) is 9.97 Å². The van der Waals surface area contributed by atoms with Gasteiger partial charge in [-0.3, -0.25) is 9.97 Å². The monoisotopic (exact) mass is 283 g/mol. The minimum atomic E-state index is 0.554. The average molecular weight is 284 g/mol. The highest BCUT2D eigenvalue weighted by molar-refractivity contribution is 6.35. The van der Waals surface area contributed by atoms with Gasteiger partial charge in [-0.05, 0) is 36.9 Å². The van der Waals surface area contributed by atoms with E-state index in [-0.39, 0.29) is 0 Å². The first-order valence-corrected chi connectivity index (χ1v) is 6.87. The fourth-order valence-electron chi connectivity index (χ4n) is 2.27. The number of hydrogen-bond donors (Lipinski definition) is 1. The maximum atomic E-state index is 6.26. The summed E-state index contributed by atoms with van der Waals surface area (Å²) in [5.41, 5.74) is 9.43. The highest BCUT2D eigenvalue weighted by Crippen LogP contribution is 2.29. The van der Waals surface area contributed by atoms with Crippen LogP contribution in [0.25, 0.3) is 22.2 Å². The largest absolute Gasteiger partial charge is 0.330 e. The third-order valence-electron chi connectivity index (χ3n) is 3.21. The minimum absolute atomic E-state index is 0.554. The van der Waals surface area contributed by atoms with Crippen molar-refractivity contribution in [3.63, 3.8) is 0 Å². The van der Waals surface area contributed by atoms with Gasteiger partial charge in [0.05, 0.1) is 16.9 Å². The van der Waals surface area contributed by atoms with Crippen molar-refractivity contribution in [2.45, 2.75) is 6.42 Å². The number of benzene rings is 1. The summed E-state index contributed by atoms with van der Waals surface area (Å²) in [6, 6.07) is 13.6. The van der Waals surface area contributed by atoms with Gasteiger partial charge in [-0.15, -0.1) is 0 Å². The topological polar surface area (TPSA) is 51.8 Å². The van der Waals surface area contributed by atoms with Gasteiger partial charge in [0.25, 0.3) is 0 Å². The molecule has 0 aliphatic heterocycles. The zero-order valence-electron chi connectivity index (χ0n) is 10.9. The van der Waals surface area contributed by atoms with Gasteiger partial charge < -0.3 is 5.73 Å². The molecule has 0 saturated heterocycles. The van der Waals surface area contributed by atoms with Crippen LogP contribution in [-0.4, -0.2) is 16.5 Å². The summed E-state index contributed by atoms with van der Waals surface area (Å²) in [4.78, 5) is 9.10. The van der Waals surface area contributed by atoms with Crippen molar-refractivity contribution in [3.8, 4) is 11.3 Å². The summed E-state index contributed by atoms with van der Waals surface area (Å²) in [6.07, 6.45) is 2.49. The van der Waals surface area contributed by atoms with Crippen molar-refractivity contribution >= 4 is 22.5 Å². The molecule has 20 heavy (non-hydrogen) atoms. The maximum absolute atomic E-state index is 6.26. The summed E-state index contributed by atoms with van der Waals surface area (Å²) < 4.78 is 0. The van der Waals surface area contributed by atoms with Crippen molar-refractivity contribution in [1.29, 1.82) is 0 Å². The molecule has 0 atom stereocenters. The molecule has 2 heterocycles. The average Bonchev–Trinajstić information content (AvgIpc) is 2.48. The first kappa shape index (κ1) is 13.0. The molecule has 1 aromatic carbocycles. The molecule has 3 aromatic rings. The molecule has 0 amide bonds. The molecule has 0 aliphatic carbocycles. The predicted molar refractivity (Wildman–Crippen MR) is 82.7 cm³/mol. The van der Waals surface area contributed by atoms with E-state index < -0.39 is 0 Å². The molecule has 4 heteroatoms. The Hall–Kier alpha value is -1.97. The number of aromatic nitrogens is 2. The van der Waals surface area contributed by atoms with Crippen molar-refractivity contribution in [2.75, 3.05) is 6.54 Å². The second-order valence-corrected chi connectivity index (χ2v) is 4.95. The van der Waals surface area contributed by atoms with E-state index >= 15 is 0 Å². The van der Waals surface area contributed by atoms with E-state index in [2.05, 4.69) is 11.1 Å². The Bertz CT molecular complexity index is 741. The Kier molecular flexibility index (Phi) is 3.63. The van der Waals surface area contributed by atoms with E-state index in [1.165, 1.54) is 0 Å². The van der Waals surface area contributed by atoms with Crippen LogP contribution < -0.4 is 5.73 Å². The van der Waals surface area contributed by atoms with Crippen LogP contribution in [0, 0.1) is 0 Å². The quantitative estimate of drug-likeness (QED) is 0.801. The van der Waals surface area contributed by atoms with Crippen LogP contribution in [0.1, 0.15) is 5.69 Å². The first-order chi connectivity index (χ1) is 9.79. The fourth-order valence-corrected chi connectivity index (χ4v) is 2.49. The Labute approximate surface area is 122 Å². The molecule has 0 radical (unpaired) electrons. The summed E-state index contributed by atoms with van der Waals surface area (Å²) in [5.74, 6) is 0. The Balaban J connectivity index is 2.28. The second-order valence-electron chi connectivity index (χ2n) is 4.54. The van der Waals surface area contributed by atoms with E-state index in [1.807, 2.05) is 36.4 Å². The van der Waals surface area contributed by atoms with Crippen LogP contribution in [0.2, 0.25) is 5.02 Å². The lowest BCUT2D eigenvalue weighted by Gasteiger charge is -2.10. The van der Waals surface area contributed by atoms with Crippen molar-refractivity contribution in [2.24, 2.45) is 5.73 Å². The lowest BCUT2D eigenvalue weighted by Crippen LogP contribution is -2.06. The summed E-state index contributed by atoms with van der Waals surface area (Å²) in [7, 11) is 0. The molecule has 2 N–H and O–H groups in total. The number of halogens is 1. The smallest absolute Gasteiger partial charge is 0.0720 e. The van der Waals surface area contributed by atoms with Crippen molar-refractivity contribution in [3.05, 3.63) is 59.4 Å². The molecule has 0 aliphatic rings. The normalized spacial score (nSPS) is 10.9. The molecule has 3 rings (SSSR count). The lowest BCUT2D eigenvalue weighted by atomic mass is 10.0. The number of fused-ring (bicyclic) bond motifs is 1. The Morgan fingerprint density at radius 2 is 2.00 bits per heavy atom. The Morgan fingerprint density at radius 3 is 2.75 bits per heavy atom. The number of nitrogens with two attached hydrogens (primary N) is 1. The van der Waals surface area contributed by atoms with Crippen molar-refractivity contribution < 1.29 is 0 Å². The SMILES string of the molecule is NCCc1nc2cccc(Cl)c2cc1-c1ccccn1. The van der Waals surface area contributed by atoms with Gasteiger partial charge in [0.1, 0.15) is 0 Å². The van der Waals surface area contributed by atoms with Crippen LogP contribution >= 0.6 is 11.6 Å². The first-order valence-electron chi connectivity index (χ1n) is 6.49. The van der Waals surface area contributed by atoms with Gasteiger partial charge in [-0.2, -0.15) is 0 Å². The third kappa shape index (κ3) is 2.38. The van der Waals surface area contributed by atoms with Gasteiger partial charge in [0.2, 0.25) is 0 Å². The van der Waals surface area contributed by atoms with Gasteiger partial charge in [0.15, 0.2) is 0 Å². The summed E-state index contributed by atoms with van der Waals surface area (Å²) in [6.45, 7) is 0.554. The van der Waals surface area contributed by atoms with E-state index in [4.69, 9.17) is 22.3 Å². The summed E-state index contributed by atoms with van der Waals surface area (Å²) >= 11 is 6.26. The van der Waals surface area contributed by atoms with Gasteiger partial charge in [-0.1, -0.05) is 23.7 Å². The molecule has 0 spiro atoms. The fraction of sp³-hybridized carbons (Fsp3) is 0.125. The third-order valence-corrected chi connectivity index (χ3v) is 3.54. The van der Waals surface area contributed by atoms with E-state index in [0.29, 0.717) is 18.0 Å². The highest BCUT2D eigenvalue weighted by atomic mass is 35.5. The second kappa shape index (κ2) is 5.57. The molecule has 3 nitrogen and oxygen atoms in total. The predicted octanol–water partition coefficient (Wildman–Crippen LogP) is 3.45. The number of rotatable bonds is 3. The van der Waals surface area contributed by atoms with Gasteiger partial charge >= 0.3 is 0 Å². The van der Waals surface area contributed by atoms with Gasteiger partial charge in [-0.25, -0.2) is 0 Å². The minimum Gasteiger partial charge on any atom is -0.330 e. The van der Waals surface area contributed by atoms with Crippen LogP contribution in [0.3, 0.4) is 0 Å². The van der Waals surface area contributed by atoms with Crippen LogP contribution in [-0.2, 0) is 6.42 Å². The molecule has 2 aromatic heterocycles. The van der Waals surface area contributed by atoms with Gasteiger partial charge in [0, 0.05) is 28.6 Å². The number of hydrogen-bond acceptors (Lipinski definition) is 3. The zero-order valence-corrected chi connectivity index (χ0v) is 11.6. The maximum Gasteiger partial charge on any atom is 0.0720 e. The Morgan fingerprint density at radius 1 is 1.10 bits per heavy atom. The number of pyridine rings is 2. The summed E-state index contributed by atoms with van der Waals surface area (Å²) in [5, 5.41) is 1.64. The molecule has 0 saturated carbocycles. The van der Waals surface area contributed by atoms with Crippen LogP contribution in [0.5, 0.6) is 0 Å². The van der Waals surface area contributed by atoms with E-state index in [1.54, 1.807) is 6.20 Å². The zero-order chi connectivity index (χ0) is 13.9. The van der Waals surface area contributed by atoms with Crippen LogP contribution in [0.15, 0.2) is 48.7 Å². The standard InChI is InChI=1S/C16H14ClN3/c17-13-4-3-6-15-11(13)10-12(16(20-15)7-8-18)14-5-1-2-9-19-14/h1-6,9-10H,7-8,18H2. The molecular weight excluding hydrogens is 270 g/mol. The van der Waals surface area contributed by atoms with Crippen LogP contribution in [0.4, 0.5) is 0 Å². The molecular formula is C16H14ClN3. The molecule has 0 bridgehead atoms. The lowest BCUT2D eigenvalue weighted by molar-refractivity contribution is 0.933. The van der Waals surface area contributed by atoms with E-state index in [0.717, 1.165) is 27.9 Å². The molecule has 0 fully saturated rings. The van der Waals surface area contributed by atoms with E-state index in [9.17, 15) is 0 Å². The highest BCUT2D eigenvalue weighted by Gasteiger charge is 2.11. The molecule has 0 unspecified atom stereocenters. The number of nitrogens with zero attached hydrogens (tertiary/aromatic N) is 2. The molecule has 100 valence electrons.